The van der Waals surface area contributed by atoms with Crippen molar-refractivity contribution in [2.75, 3.05) is 5.32 Å². The molecule has 0 aliphatic heterocycles. The molecular weight excluding hydrogens is 226 g/mol. The van der Waals surface area contributed by atoms with Crippen LogP contribution in [0.4, 0.5) is 5.82 Å². The first-order valence-corrected chi connectivity index (χ1v) is 6.15. The molecule has 2 heterocycles. The Morgan fingerprint density at radius 2 is 2.00 bits per heavy atom. The molecule has 0 unspecified atom stereocenters. The molecule has 0 aliphatic rings. The minimum atomic E-state index is 0.403. The molecule has 0 saturated heterocycles. The summed E-state index contributed by atoms with van der Waals surface area (Å²) in [7, 11) is 0. The summed E-state index contributed by atoms with van der Waals surface area (Å²) in [5.41, 5.74) is 3.10. The predicted octanol–water partition coefficient (Wildman–Crippen LogP) is 2.55. The number of anilines is 1. The molecule has 0 fully saturated rings. The Morgan fingerprint density at radius 3 is 2.61 bits per heavy atom. The van der Waals surface area contributed by atoms with Crippen molar-refractivity contribution in [3.63, 3.8) is 0 Å². The van der Waals surface area contributed by atoms with Crippen LogP contribution in [0.2, 0.25) is 0 Å². The molecule has 96 valence electrons. The van der Waals surface area contributed by atoms with Gasteiger partial charge in [0.2, 0.25) is 0 Å². The van der Waals surface area contributed by atoms with E-state index in [9.17, 15) is 0 Å². The maximum absolute atomic E-state index is 4.42. The van der Waals surface area contributed by atoms with Gasteiger partial charge in [-0.3, -0.25) is 5.10 Å². The van der Waals surface area contributed by atoms with Gasteiger partial charge in [-0.25, -0.2) is 9.97 Å². The van der Waals surface area contributed by atoms with E-state index in [4.69, 9.17) is 0 Å². The summed E-state index contributed by atoms with van der Waals surface area (Å²) in [6.45, 7) is 8.82. The molecule has 2 aromatic heterocycles. The van der Waals surface area contributed by atoms with E-state index >= 15 is 0 Å². The highest BCUT2D eigenvalue weighted by molar-refractivity contribution is 5.37. The lowest BCUT2D eigenvalue weighted by atomic mass is 10.1. The van der Waals surface area contributed by atoms with Crippen molar-refractivity contribution in [2.45, 2.75) is 40.2 Å². The number of aromatic nitrogens is 4. The van der Waals surface area contributed by atoms with E-state index in [1.807, 2.05) is 26.0 Å². The molecule has 0 radical (unpaired) electrons. The van der Waals surface area contributed by atoms with E-state index in [1.165, 1.54) is 0 Å². The number of H-pyrrole nitrogens is 1. The normalized spacial score (nSPS) is 10.9. The Hall–Kier alpha value is -1.91. The van der Waals surface area contributed by atoms with E-state index < -0.39 is 0 Å². The zero-order chi connectivity index (χ0) is 13.1. The fraction of sp³-hybridized carbons (Fsp3) is 0.462. The first kappa shape index (κ1) is 12.5. The van der Waals surface area contributed by atoms with Crippen LogP contribution in [0.15, 0.2) is 12.1 Å². The second kappa shape index (κ2) is 5.16. The number of aromatic amines is 1. The maximum atomic E-state index is 4.42. The third-order valence-electron chi connectivity index (χ3n) is 2.66. The van der Waals surface area contributed by atoms with E-state index in [0.717, 1.165) is 28.7 Å². The van der Waals surface area contributed by atoms with Gasteiger partial charge in [-0.05, 0) is 25.8 Å². The fourth-order valence-corrected chi connectivity index (χ4v) is 1.72. The first-order valence-electron chi connectivity index (χ1n) is 6.15. The molecule has 2 aromatic rings. The first-order chi connectivity index (χ1) is 8.54. The number of hydrogen-bond acceptors (Lipinski definition) is 4. The van der Waals surface area contributed by atoms with Crippen LogP contribution in [0, 0.1) is 13.8 Å². The maximum Gasteiger partial charge on any atom is 0.130 e. The summed E-state index contributed by atoms with van der Waals surface area (Å²) >= 11 is 0. The Balaban J connectivity index is 2.09. The molecule has 5 nitrogen and oxygen atoms in total. The van der Waals surface area contributed by atoms with Crippen molar-refractivity contribution in [3.05, 3.63) is 35.0 Å². The molecule has 5 heteroatoms. The fourth-order valence-electron chi connectivity index (χ4n) is 1.72. The zero-order valence-electron chi connectivity index (χ0n) is 11.3. The van der Waals surface area contributed by atoms with Crippen molar-refractivity contribution in [1.82, 2.24) is 20.2 Å². The predicted molar refractivity (Wildman–Crippen MR) is 71.5 cm³/mol. The van der Waals surface area contributed by atoms with Crippen LogP contribution in [0.25, 0.3) is 0 Å². The lowest BCUT2D eigenvalue weighted by Gasteiger charge is -2.09. The highest BCUT2D eigenvalue weighted by Crippen LogP contribution is 2.15. The van der Waals surface area contributed by atoms with Crippen LogP contribution >= 0.6 is 0 Å². The third-order valence-corrected chi connectivity index (χ3v) is 2.66. The van der Waals surface area contributed by atoms with Gasteiger partial charge >= 0.3 is 0 Å². The van der Waals surface area contributed by atoms with Gasteiger partial charge in [0.1, 0.15) is 11.6 Å². The lowest BCUT2D eigenvalue weighted by molar-refractivity contribution is 0.801. The molecule has 0 bridgehead atoms. The van der Waals surface area contributed by atoms with Crippen LogP contribution in [0.1, 0.15) is 42.7 Å². The van der Waals surface area contributed by atoms with Crippen molar-refractivity contribution < 1.29 is 0 Å². The number of hydrogen-bond donors (Lipinski definition) is 2. The Kier molecular flexibility index (Phi) is 3.60. The summed E-state index contributed by atoms with van der Waals surface area (Å²) in [5.74, 6) is 2.05. The highest BCUT2D eigenvalue weighted by atomic mass is 15.1. The van der Waals surface area contributed by atoms with Gasteiger partial charge in [0.05, 0.1) is 12.2 Å². The van der Waals surface area contributed by atoms with Gasteiger partial charge in [-0.1, -0.05) is 13.8 Å². The van der Waals surface area contributed by atoms with E-state index in [0.29, 0.717) is 12.5 Å². The second-order valence-electron chi connectivity index (χ2n) is 4.78. The van der Waals surface area contributed by atoms with E-state index in [2.05, 4.69) is 39.3 Å². The molecule has 0 atom stereocenters. The van der Waals surface area contributed by atoms with Crippen molar-refractivity contribution in [3.8, 4) is 0 Å². The lowest BCUT2D eigenvalue weighted by Crippen LogP contribution is -2.06. The average Bonchev–Trinajstić information content (AvgIpc) is 2.72. The summed E-state index contributed by atoms with van der Waals surface area (Å²) in [5, 5.41) is 10.4. The number of rotatable bonds is 4. The quantitative estimate of drug-likeness (QED) is 0.868. The van der Waals surface area contributed by atoms with Crippen molar-refractivity contribution in [1.29, 1.82) is 0 Å². The van der Waals surface area contributed by atoms with Crippen LogP contribution in [-0.2, 0) is 6.54 Å². The average molecular weight is 245 g/mol. The minimum absolute atomic E-state index is 0.403. The summed E-state index contributed by atoms with van der Waals surface area (Å²) in [6, 6.07) is 4.02. The van der Waals surface area contributed by atoms with E-state index in [-0.39, 0.29) is 0 Å². The number of nitrogens with zero attached hydrogens (tertiary/aromatic N) is 3. The monoisotopic (exact) mass is 245 g/mol. The molecule has 0 aliphatic carbocycles. The van der Waals surface area contributed by atoms with Crippen LogP contribution in [0.5, 0.6) is 0 Å². The molecule has 0 amide bonds. The smallest absolute Gasteiger partial charge is 0.130 e. The standard InChI is InChI=1S/C13H19N5/c1-8(2)12-6-13(16-10(4)15-12)14-7-11-5-9(3)17-18-11/h5-6,8H,7H2,1-4H3,(H,17,18)(H,14,15,16). The highest BCUT2D eigenvalue weighted by Gasteiger charge is 2.06. The Morgan fingerprint density at radius 1 is 1.22 bits per heavy atom. The van der Waals surface area contributed by atoms with Gasteiger partial charge in [0.25, 0.3) is 0 Å². The van der Waals surface area contributed by atoms with E-state index in [1.54, 1.807) is 0 Å². The summed E-state index contributed by atoms with van der Waals surface area (Å²) in [6.07, 6.45) is 0. The Labute approximate surface area is 107 Å². The zero-order valence-corrected chi connectivity index (χ0v) is 11.3. The number of aryl methyl sites for hydroxylation is 2. The molecule has 0 spiro atoms. The summed E-state index contributed by atoms with van der Waals surface area (Å²) < 4.78 is 0. The van der Waals surface area contributed by atoms with Crippen LogP contribution < -0.4 is 5.32 Å². The topological polar surface area (TPSA) is 66.5 Å². The Bertz CT molecular complexity index is 530. The van der Waals surface area contributed by atoms with Crippen LogP contribution in [-0.4, -0.2) is 20.2 Å². The second-order valence-corrected chi connectivity index (χ2v) is 4.78. The van der Waals surface area contributed by atoms with Gasteiger partial charge in [-0.2, -0.15) is 5.10 Å². The van der Waals surface area contributed by atoms with Crippen LogP contribution in [0.3, 0.4) is 0 Å². The molecule has 0 saturated carbocycles. The van der Waals surface area contributed by atoms with Gasteiger partial charge in [-0.15, -0.1) is 0 Å². The SMILES string of the molecule is Cc1nc(NCc2cc(C)[nH]n2)cc(C(C)C)n1. The summed E-state index contributed by atoms with van der Waals surface area (Å²) in [4.78, 5) is 8.80. The third kappa shape index (κ3) is 3.06. The van der Waals surface area contributed by atoms with Gasteiger partial charge in [0, 0.05) is 17.5 Å². The molecule has 18 heavy (non-hydrogen) atoms. The van der Waals surface area contributed by atoms with Crippen molar-refractivity contribution in [2.24, 2.45) is 0 Å². The van der Waals surface area contributed by atoms with Crippen molar-refractivity contribution >= 4 is 5.82 Å². The molecule has 2 rings (SSSR count). The molecule has 2 N–H and O–H groups in total. The largest absolute Gasteiger partial charge is 0.364 e. The minimum Gasteiger partial charge on any atom is -0.364 e. The van der Waals surface area contributed by atoms with Gasteiger partial charge in [0.15, 0.2) is 0 Å². The molecular formula is C13H19N5. The molecule has 0 aromatic carbocycles. The number of nitrogens with one attached hydrogen (secondary N) is 2. The van der Waals surface area contributed by atoms with Gasteiger partial charge < -0.3 is 5.32 Å².